The summed E-state index contributed by atoms with van der Waals surface area (Å²) in [4.78, 5) is 31.0. The molecule has 2 aromatic carbocycles. The van der Waals surface area contributed by atoms with Crippen LogP contribution in [-0.2, 0) is 4.79 Å². The number of nitrogens with one attached hydrogen (secondary N) is 1. The van der Waals surface area contributed by atoms with Gasteiger partial charge in [0.15, 0.2) is 0 Å². The number of nitriles is 1. The van der Waals surface area contributed by atoms with Crippen molar-refractivity contribution < 1.29 is 14.3 Å². The minimum absolute atomic E-state index is 0.00548. The van der Waals surface area contributed by atoms with Gasteiger partial charge in [0.05, 0.1) is 6.61 Å². The topological polar surface area (TPSA) is 106 Å². The van der Waals surface area contributed by atoms with Crippen molar-refractivity contribution in [2.24, 2.45) is 0 Å². The van der Waals surface area contributed by atoms with Gasteiger partial charge in [0, 0.05) is 11.9 Å². The van der Waals surface area contributed by atoms with Crippen molar-refractivity contribution in [3.8, 4) is 23.4 Å². The average molecular weight is 495 g/mol. The maximum absolute atomic E-state index is 13.5. The standard InChI is InChI=1S/C29H26N4O4/c1-5-36-23-10-8-22(9-11-23)31-27(34)21(17-30)16-25-28(37-24-14-18(2)13-19(3)15-24)32-26-20(4)7-6-12-33(26)29(25)35/h6-16H,5H2,1-4H3,(H,31,34). The summed E-state index contributed by atoms with van der Waals surface area (Å²) in [5, 5.41) is 12.5. The summed E-state index contributed by atoms with van der Waals surface area (Å²) >= 11 is 0. The fourth-order valence-electron chi connectivity index (χ4n) is 3.89. The highest BCUT2D eigenvalue weighted by molar-refractivity contribution is 6.09. The number of carbonyl (C=O) groups excluding carboxylic acids is 1. The number of aryl methyl sites for hydroxylation is 3. The van der Waals surface area contributed by atoms with E-state index < -0.39 is 11.5 Å². The molecule has 0 radical (unpaired) electrons. The van der Waals surface area contributed by atoms with Crippen molar-refractivity contribution >= 4 is 23.3 Å². The van der Waals surface area contributed by atoms with Crippen LogP contribution in [0, 0.1) is 32.1 Å². The van der Waals surface area contributed by atoms with Crippen LogP contribution in [0.3, 0.4) is 0 Å². The number of anilines is 1. The largest absolute Gasteiger partial charge is 0.494 e. The first-order valence-electron chi connectivity index (χ1n) is 11.7. The number of ether oxygens (including phenoxy) is 2. The second kappa shape index (κ2) is 10.8. The van der Waals surface area contributed by atoms with Crippen LogP contribution in [0.25, 0.3) is 11.7 Å². The predicted octanol–water partition coefficient (Wildman–Crippen LogP) is 5.36. The maximum atomic E-state index is 13.5. The van der Waals surface area contributed by atoms with E-state index >= 15 is 0 Å². The number of pyridine rings is 1. The first-order chi connectivity index (χ1) is 17.8. The molecule has 186 valence electrons. The van der Waals surface area contributed by atoms with Gasteiger partial charge < -0.3 is 14.8 Å². The average Bonchev–Trinajstić information content (AvgIpc) is 2.85. The Morgan fingerprint density at radius 2 is 1.78 bits per heavy atom. The van der Waals surface area contributed by atoms with Crippen molar-refractivity contribution in [2.45, 2.75) is 27.7 Å². The number of aromatic nitrogens is 2. The van der Waals surface area contributed by atoms with Crippen molar-refractivity contribution in [1.82, 2.24) is 9.38 Å². The summed E-state index contributed by atoms with van der Waals surface area (Å²) in [5.74, 6) is 0.494. The highest BCUT2D eigenvalue weighted by Crippen LogP contribution is 2.27. The zero-order valence-electron chi connectivity index (χ0n) is 21.0. The Morgan fingerprint density at radius 1 is 1.08 bits per heavy atom. The summed E-state index contributed by atoms with van der Waals surface area (Å²) in [5.41, 5.74) is 2.88. The Balaban J connectivity index is 1.78. The molecule has 1 N–H and O–H groups in total. The molecule has 8 nitrogen and oxygen atoms in total. The van der Waals surface area contributed by atoms with Gasteiger partial charge in [-0.25, -0.2) is 0 Å². The van der Waals surface area contributed by atoms with Gasteiger partial charge in [-0.1, -0.05) is 12.1 Å². The smallest absolute Gasteiger partial charge is 0.269 e. The second-order valence-electron chi connectivity index (χ2n) is 8.53. The minimum Gasteiger partial charge on any atom is -0.494 e. The van der Waals surface area contributed by atoms with E-state index in [2.05, 4.69) is 10.3 Å². The maximum Gasteiger partial charge on any atom is 0.269 e. The number of benzene rings is 2. The SMILES string of the molecule is CCOc1ccc(NC(=O)C(C#N)=Cc2c(Oc3cc(C)cc(C)c3)nc3c(C)cccn3c2=O)cc1. The highest BCUT2D eigenvalue weighted by Gasteiger charge is 2.18. The molecule has 2 heterocycles. The molecule has 37 heavy (non-hydrogen) atoms. The minimum atomic E-state index is -0.669. The number of rotatable bonds is 7. The van der Waals surface area contributed by atoms with E-state index in [-0.39, 0.29) is 17.0 Å². The Kier molecular flexibility index (Phi) is 7.35. The molecular weight excluding hydrogens is 468 g/mol. The molecule has 0 aliphatic rings. The van der Waals surface area contributed by atoms with Gasteiger partial charge >= 0.3 is 0 Å². The molecule has 2 aromatic heterocycles. The van der Waals surface area contributed by atoms with E-state index in [4.69, 9.17) is 9.47 Å². The summed E-state index contributed by atoms with van der Waals surface area (Å²) in [6.45, 7) is 8.11. The lowest BCUT2D eigenvalue weighted by Gasteiger charge is -2.12. The van der Waals surface area contributed by atoms with E-state index in [1.165, 1.54) is 10.5 Å². The molecule has 0 unspecified atom stereocenters. The van der Waals surface area contributed by atoms with Crippen LogP contribution in [0.4, 0.5) is 5.69 Å². The monoisotopic (exact) mass is 494 g/mol. The fraction of sp³-hybridized carbons (Fsp3) is 0.172. The zero-order valence-corrected chi connectivity index (χ0v) is 21.0. The highest BCUT2D eigenvalue weighted by atomic mass is 16.5. The molecular formula is C29H26N4O4. The number of carbonyl (C=O) groups is 1. The molecule has 8 heteroatoms. The Morgan fingerprint density at radius 3 is 2.43 bits per heavy atom. The first kappa shape index (κ1) is 25.2. The Hall–Kier alpha value is -4.90. The Bertz CT molecular complexity index is 1590. The second-order valence-corrected chi connectivity index (χ2v) is 8.53. The van der Waals surface area contributed by atoms with Crippen molar-refractivity contribution in [2.75, 3.05) is 11.9 Å². The Labute approximate surface area is 214 Å². The lowest BCUT2D eigenvalue weighted by molar-refractivity contribution is -0.112. The molecule has 0 bridgehead atoms. The third kappa shape index (κ3) is 5.68. The van der Waals surface area contributed by atoms with Gasteiger partial charge in [-0.15, -0.1) is 0 Å². The molecule has 0 saturated carbocycles. The molecule has 0 aliphatic heterocycles. The van der Waals surface area contributed by atoms with Crippen molar-refractivity contribution in [3.05, 3.63) is 99.0 Å². The zero-order chi connectivity index (χ0) is 26.5. The lowest BCUT2D eigenvalue weighted by Crippen LogP contribution is -2.20. The van der Waals surface area contributed by atoms with E-state index in [1.807, 2.05) is 58.0 Å². The van der Waals surface area contributed by atoms with Crippen LogP contribution in [-0.4, -0.2) is 21.9 Å². The van der Waals surface area contributed by atoms with Gasteiger partial charge in [0.2, 0.25) is 5.88 Å². The van der Waals surface area contributed by atoms with Gasteiger partial charge in [-0.3, -0.25) is 14.0 Å². The van der Waals surface area contributed by atoms with Gasteiger partial charge in [0.25, 0.3) is 11.5 Å². The van der Waals surface area contributed by atoms with Crippen LogP contribution < -0.4 is 20.3 Å². The van der Waals surface area contributed by atoms with E-state index in [9.17, 15) is 14.9 Å². The van der Waals surface area contributed by atoms with E-state index in [1.54, 1.807) is 36.5 Å². The molecule has 0 spiro atoms. The van der Waals surface area contributed by atoms with Crippen molar-refractivity contribution in [1.29, 1.82) is 5.26 Å². The van der Waals surface area contributed by atoms with Gasteiger partial charge in [-0.05, 0) is 92.9 Å². The normalized spacial score (nSPS) is 11.2. The van der Waals surface area contributed by atoms with Crippen LogP contribution >= 0.6 is 0 Å². The number of nitrogens with zero attached hydrogens (tertiary/aromatic N) is 3. The van der Waals surface area contributed by atoms with Crippen LogP contribution in [0.2, 0.25) is 0 Å². The first-order valence-corrected chi connectivity index (χ1v) is 11.7. The number of hydrogen-bond donors (Lipinski definition) is 1. The molecule has 4 rings (SSSR count). The van der Waals surface area contributed by atoms with Crippen LogP contribution in [0.15, 0.2) is 71.2 Å². The summed E-state index contributed by atoms with van der Waals surface area (Å²) in [6, 6.07) is 17.9. The number of fused-ring (bicyclic) bond motifs is 1. The third-order valence-corrected chi connectivity index (χ3v) is 5.54. The molecule has 0 atom stereocenters. The van der Waals surface area contributed by atoms with E-state index in [0.29, 0.717) is 29.4 Å². The predicted molar refractivity (Wildman–Crippen MR) is 142 cm³/mol. The molecule has 0 saturated heterocycles. The summed E-state index contributed by atoms with van der Waals surface area (Å²) in [7, 11) is 0. The summed E-state index contributed by atoms with van der Waals surface area (Å²) < 4.78 is 12.9. The fourth-order valence-corrected chi connectivity index (χ4v) is 3.89. The third-order valence-electron chi connectivity index (χ3n) is 5.54. The quantitative estimate of drug-likeness (QED) is 0.274. The number of hydrogen-bond acceptors (Lipinski definition) is 6. The summed E-state index contributed by atoms with van der Waals surface area (Å²) in [6.07, 6.45) is 2.80. The van der Waals surface area contributed by atoms with Crippen LogP contribution in [0.5, 0.6) is 17.4 Å². The molecule has 4 aromatic rings. The molecule has 1 amide bonds. The number of amides is 1. The molecule has 0 fully saturated rings. The van der Waals surface area contributed by atoms with Crippen molar-refractivity contribution in [3.63, 3.8) is 0 Å². The van der Waals surface area contributed by atoms with Gasteiger partial charge in [0.1, 0.15) is 34.4 Å². The lowest BCUT2D eigenvalue weighted by atomic mass is 10.1. The van der Waals surface area contributed by atoms with Gasteiger partial charge in [-0.2, -0.15) is 10.2 Å². The van der Waals surface area contributed by atoms with E-state index in [0.717, 1.165) is 16.7 Å². The van der Waals surface area contributed by atoms with Crippen LogP contribution in [0.1, 0.15) is 29.2 Å². The molecule has 0 aliphatic carbocycles.